The van der Waals surface area contributed by atoms with Crippen molar-refractivity contribution in [3.63, 3.8) is 0 Å². The molecule has 1 atom stereocenters. The van der Waals surface area contributed by atoms with Crippen LogP contribution in [0.15, 0.2) is 48.5 Å². The molecule has 0 fully saturated rings. The molecule has 0 aliphatic heterocycles. The molecule has 0 aliphatic carbocycles. The van der Waals surface area contributed by atoms with Crippen LogP contribution in [0.5, 0.6) is 5.75 Å². The number of halogens is 1. The molecule has 0 heterocycles. The molecule has 0 aromatic heterocycles. The van der Waals surface area contributed by atoms with E-state index in [-0.39, 0.29) is 11.0 Å². The molecule has 19 heavy (non-hydrogen) atoms. The number of hydrogen-bond acceptors (Lipinski definition) is 3. The van der Waals surface area contributed by atoms with Crippen LogP contribution in [0.4, 0.5) is 0 Å². The van der Waals surface area contributed by atoms with Crippen LogP contribution in [0.1, 0.15) is 16.4 Å². The minimum atomic E-state index is 0.0479. The predicted molar refractivity (Wildman–Crippen MR) is 79.2 cm³/mol. The number of phenolic OH excluding ortho intramolecular Hbond substituents is 1. The number of nitriles is 1. The normalized spacial score (nSPS) is 11.8. The molecule has 0 amide bonds. The van der Waals surface area contributed by atoms with Gasteiger partial charge in [0.25, 0.3) is 0 Å². The fraction of sp³-hybridized carbons (Fsp3) is 0.133. The summed E-state index contributed by atoms with van der Waals surface area (Å²) in [5.74, 6) is 0.232. The van der Waals surface area contributed by atoms with E-state index in [1.54, 1.807) is 12.1 Å². The Morgan fingerprint density at radius 3 is 2.32 bits per heavy atom. The first-order chi connectivity index (χ1) is 9.19. The summed E-state index contributed by atoms with van der Waals surface area (Å²) in [5.41, 5.74) is 2.16. The van der Waals surface area contributed by atoms with Crippen molar-refractivity contribution in [1.82, 2.24) is 0 Å². The summed E-state index contributed by atoms with van der Waals surface area (Å²) in [6.45, 7) is 0. The number of thiocyanates is 1. The molecule has 96 valence electrons. The van der Waals surface area contributed by atoms with Gasteiger partial charge in [-0.15, -0.1) is 0 Å². The lowest BCUT2D eigenvalue weighted by atomic mass is 10.0. The van der Waals surface area contributed by atoms with Crippen molar-refractivity contribution in [3.8, 4) is 11.2 Å². The Morgan fingerprint density at radius 1 is 1.11 bits per heavy atom. The molecule has 0 saturated carbocycles. The van der Waals surface area contributed by atoms with Crippen molar-refractivity contribution < 1.29 is 5.11 Å². The van der Waals surface area contributed by atoms with Crippen molar-refractivity contribution in [1.29, 1.82) is 5.26 Å². The largest absolute Gasteiger partial charge is 0.508 e. The molecule has 0 aliphatic rings. The van der Waals surface area contributed by atoms with Crippen LogP contribution in [-0.2, 0) is 6.42 Å². The van der Waals surface area contributed by atoms with Crippen LogP contribution < -0.4 is 0 Å². The molecule has 4 heteroatoms. The third-order valence-corrected chi connectivity index (χ3v) is 3.87. The maximum absolute atomic E-state index is 9.30. The van der Waals surface area contributed by atoms with Crippen LogP contribution in [0.25, 0.3) is 0 Å². The van der Waals surface area contributed by atoms with Gasteiger partial charge in [0.1, 0.15) is 11.2 Å². The molecular formula is C15H12ClNOS. The first kappa shape index (κ1) is 13.8. The topological polar surface area (TPSA) is 44.0 Å². The van der Waals surface area contributed by atoms with Crippen molar-refractivity contribution in [2.45, 2.75) is 11.7 Å². The van der Waals surface area contributed by atoms with Crippen molar-refractivity contribution >= 4 is 23.4 Å². The van der Waals surface area contributed by atoms with Gasteiger partial charge in [-0.3, -0.25) is 0 Å². The van der Waals surface area contributed by atoms with E-state index < -0.39 is 0 Å². The summed E-state index contributed by atoms with van der Waals surface area (Å²) < 4.78 is 0. The molecule has 2 nitrogen and oxygen atoms in total. The molecule has 0 spiro atoms. The van der Waals surface area contributed by atoms with Crippen LogP contribution in [0.3, 0.4) is 0 Å². The highest BCUT2D eigenvalue weighted by atomic mass is 35.5. The van der Waals surface area contributed by atoms with Crippen molar-refractivity contribution in [2.24, 2.45) is 0 Å². The number of nitrogens with zero attached hydrogens (tertiary/aromatic N) is 1. The number of phenols is 1. The number of aromatic hydroxyl groups is 1. The van der Waals surface area contributed by atoms with Gasteiger partial charge in [0, 0.05) is 10.3 Å². The predicted octanol–water partition coefficient (Wildman–Crippen LogP) is 4.54. The smallest absolute Gasteiger partial charge is 0.133 e. The van der Waals surface area contributed by atoms with Gasteiger partial charge >= 0.3 is 0 Å². The first-order valence-electron chi connectivity index (χ1n) is 5.77. The first-order valence-corrected chi connectivity index (χ1v) is 7.03. The van der Waals surface area contributed by atoms with Crippen LogP contribution in [0, 0.1) is 10.7 Å². The fourth-order valence-electron chi connectivity index (χ4n) is 1.81. The van der Waals surface area contributed by atoms with E-state index in [0.717, 1.165) is 17.5 Å². The second kappa shape index (κ2) is 6.51. The summed E-state index contributed by atoms with van der Waals surface area (Å²) in [7, 11) is 0. The third kappa shape index (κ3) is 3.92. The van der Waals surface area contributed by atoms with Gasteiger partial charge in [0.2, 0.25) is 0 Å². The van der Waals surface area contributed by atoms with Gasteiger partial charge in [0.15, 0.2) is 0 Å². The zero-order valence-corrected chi connectivity index (χ0v) is 11.7. The van der Waals surface area contributed by atoms with E-state index in [1.165, 1.54) is 11.8 Å². The summed E-state index contributed by atoms with van der Waals surface area (Å²) in [6, 6.07) is 14.6. The van der Waals surface area contributed by atoms with E-state index in [9.17, 15) is 5.11 Å². The molecule has 1 unspecified atom stereocenters. The second-order valence-corrected chi connectivity index (χ2v) is 5.54. The van der Waals surface area contributed by atoms with Gasteiger partial charge < -0.3 is 5.11 Å². The van der Waals surface area contributed by atoms with Gasteiger partial charge in [-0.25, -0.2) is 0 Å². The monoisotopic (exact) mass is 289 g/mol. The molecule has 0 radical (unpaired) electrons. The summed E-state index contributed by atoms with van der Waals surface area (Å²) in [6.07, 6.45) is 0.750. The lowest BCUT2D eigenvalue weighted by molar-refractivity contribution is 0.475. The number of thioether (sulfide) groups is 1. The summed E-state index contributed by atoms with van der Waals surface area (Å²) in [4.78, 5) is 0. The van der Waals surface area contributed by atoms with E-state index in [4.69, 9.17) is 16.9 Å². The SMILES string of the molecule is N#CSC(Cc1ccc(Cl)cc1)c1ccc(O)cc1. The highest BCUT2D eigenvalue weighted by Gasteiger charge is 2.13. The standard InChI is InChI=1S/C15H12ClNOS/c16-13-5-1-11(2-6-13)9-15(19-10-17)12-3-7-14(18)8-4-12/h1-8,15,18H,9H2. The van der Waals surface area contributed by atoms with Crippen LogP contribution >= 0.6 is 23.4 Å². The van der Waals surface area contributed by atoms with Gasteiger partial charge in [-0.2, -0.15) is 5.26 Å². The van der Waals surface area contributed by atoms with Crippen LogP contribution in [-0.4, -0.2) is 5.11 Å². The maximum Gasteiger partial charge on any atom is 0.133 e. The van der Waals surface area contributed by atoms with E-state index in [2.05, 4.69) is 5.40 Å². The molecule has 2 rings (SSSR count). The molecule has 1 N–H and O–H groups in total. The molecule has 2 aromatic rings. The Hall–Kier alpha value is -1.63. The van der Waals surface area contributed by atoms with E-state index in [0.29, 0.717) is 5.02 Å². The Kier molecular flexibility index (Phi) is 4.73. The fourth-order valence-corrected chi connectivity index (χ4v) is 2.64. The highest BCUT2D eigenvalue weighted by molar-refractivity contribution is 8.03. The Morgan fingerprint density at radius 2 is 1.74 bits per heavy atom. The van der Waals surface area contributed by atoms with Crippen molar-refractivity contribution in [3.05, 3.63) is 64.7 Å². The maximum atomic E-state index is 9.30. The lowest BCUT2D eigenvalue weighted by Crippen LogP contribution is -1.98. The van der Waals surface area contributed by atoms with Gasteiger partial charge in [-0.1, -0.05) is 35.9 Å². The zero-order chi connectivity index (χ0) is 13.7. The number of benzene rings is 2. The average molecular weight is 290 g/mol. The average Bonchev–Trinajstić information content (AvgIpc) is 2.42. The second-order valence-electron chi connectivity index (χ2n) is 4.12. The number of rotatable bonds is 4. The summed E-state index contributed by atoms with van der Waals surface area (Å²) in [5, 5.41) is 21.1. The quantitative estimate of drug-likeness (QED) is 0.840. The van der Waals surface area contributed by atoms with E-state index in [1.807, 2.05) is 36.4 Å². The molecular weight excluding hydrogens is 278 g/mol. The van der Waals surface area contributed by atoms with Gasteiger partial charge in [-0.05, 0) is 53.6 Å². The minimum Gasteiger partial charge on any atom is -0.508 e. The molecule has 2 aromatic carbocycles. The minimum absolute atomic E-state index is 0.0479. The number of hydrogen-bond donors (Lipinski definition) is 1. The third-order valence-electron chi connectivity index (χ3n) is 2.79. The Balaban J connectivity index is 2.18. The van der Waals surface area contributed by atoms with Crippen molar-refractivity contribution in [2.75, 3.05) is 0 Å². The Bertz CT molecular complexity index is 575. The highest BCUT2D eigenvalue weighted by Crippen LogP contribution is 2.32. The van der Waals surface area contributed by atoms with E-state index >= 15 is 0 Å². The van der Waals surface area contributed by atoms with Crippen LogP contribution in [0.2, 0.25) is 5.02 Å². The Labute approximate surface area is 121 Å². The molecule has 0 saturated heterocycles. The van der Waals surface area contributed by atoms with Gasteiger partial charge in [0.05, 0.1) is 0 Å². The summed E-state index contributed by atoms with van der Waals surface area (Å²) >= 11 is 7.08. The molecule has 0 bridgehead atoms. The zero-order valence-electron chi connectivity index (χ0n) is 10.1. The lowest BCUT2D eigenvalue weighted by Gasteiger charge is -2.13.